The third-order valence-corrected chi connectivity index (χ3v) is 3.19. The lowest BCUT2D eigenvalue weighted by molar-refractivity contribution is 0.0560. The van der Waals surface area contributed by atoms with Crippen LogP contribution in [0.15, 0.2) is 18.2 Å². The minimum absolute atomic E-state index is 0.505. The molecule has 0 aliphatic heterocycles. The molecule has 0 aliphatic rings. The average molecular weight is 295 g/mol. The SMILES string of the molecule is CCOc1ccc(C(C)(O)CNCC(C)C)cc1OCC. The molecule has 0 saturated carbocycles. The quantitative estimate of drug-likeness (QED) is 0.735. The molecule has 0 aliphatic carbocycles. The van der Waals surface area contributed by atoms with Gasteiger partial charge in [0.05, 0.1) is 18.8 Å². The first-order valence-corrected chi connectivity index (χ1v) is 7.74. The molecule has 0 radical (unpaired) electrons. The minimum Gasteiger partial charge on any atom is -0.490 e. The topological polar surface area (TPSA) is 50.7 Å². The first-order chi connectivity index (χ1) is 9.90. The Bertz CT molecular complexity index is 430. The third-order valence-electron chi connectivity index (χ3n) is 3.19. The normalized spacial score (nSPS) is 14.0. The van der Waals surface area contributed by atoms with Crippen LogP contribution in [0, 0.1) is 5.92 Å². The number of benzene rings is 1. The van der Waals surface area contributed by atoms with Gasteiger partial charge in [0.2, 0.25) is 0 Å². The summed E-state index contributed by atoms with van der Waals surface area (Å²) in [6, 6.07) is 5.62. The molecule has 0 spiro atoms. The van der Waals surface area contributed by atoms with E-state index in [0.29, 0.717) is 37.2 Å². The zero-order valence-corrected chi connectivity index (χ0v) is 13.9. The molecule has 4 heteroatoms. The van der Waals surface area contributed by atoms with Gasteiger partial charge in [0, 0.05) is 6.54 Å². The van der Waals surface area contributed by atoms with Crippen molar-refractivity contribution in [3.8, 4) is 11.5 Å². The molecule has 1 aromatic carbocycles. The summed E-state index contributed by atoms with van der Waals surface area (Å²) in [7, 11) is 0. The Morgan fingerprint density at radius 1 is 1.14 bits per heavy atom. The molecule has 1 rings (SSSR count). The van der Waals surface area contributed by atoms with Gasteiger partial charge in [-0.3, -0.25) is 0 Å². The van der Waals surface area contributed by atoms with E-state index >= 15 is 0 Å². The predicted molar refractivity (Wildman–Crippen MR) is 86.1 cm³/mol. The Hall–Kier alpha value is -1.26. The number of rotatable bonds is 9. The lowest BCUT2D eigenvalue weighted by Gasteiger charge is -2.26. The van der Waals surface area contributed by atoms with Gasteiger partial charge in [-0.15, -0.1) is 0 Å². The molecule has 0 fully saturated rings. The van der Waals surface area contributed by atoms with Gasteiger partial charge < -0.3 is 19.9 Å². The van der Waals surface area contributed by atoms with Gasteiger partial charge >= 0.3 is 0 Å². The van der Waals surface area contributed by atoms with Crippen molar-refractivity contribution in [2.45, 2.75) is 40.2 Å². The number of hydrogen-bond donors (Lipinski definition) is 2. The molecule has 0 saturated heterocycles. The van der Waals surface area contributed by atoms with E-state index in [-0.39, 0.29) is 0 Å². The lowest BCUT2D eigenvalue weighted by atomic mass is 9.95. The van der Waals surface area contributed by atoms with Crippen LogP contribution in [0.1, 0.15) is 40.2 Å². The van der Waals surface area contributed by atoms with E-state index in [1.165, 1.54) is 0 Å². The Morgan fingerprint density at radius 3 is 2.33 bits per heavy atom. The van der Waals surface area contributed by atoms with Crippen molar-refractivity contribution in [3.63, 3.8) is 0 Å². The fourth-order valence-electron chi connectivity index (χ4n) is 2.09. The van der Waals surface area contributed by atoms with E-state index < -0.39 is 5.60 Å². The van der Waals surface area contributed by atoms with Gasteiger partial charge in [0.15, 0.2) is 11.5 Å². The largest absolute Gasteiger partial charge is 0.490 e. The van der Waals surface area contributed by atoms with Crippen molar-refractivity contribution in [2.75, 3.05) is 26.3 Å². The molecule has 0 aromatic heterocycles. The number of nitrogens with one attached hydrogen (secondary N) is 1. The van der Waals surface area contributed by atoms with Crippen molar-refractivity contribution in [3.05, 3.63) is 23.8 Å². The second kappa shape index (κ2) is 8.25. The highest BCUT2D eigenvalue weighted by molar-refractivity contribution is 5.44. The number of hydrogen-bond acceptors (Lipinski definition) is 4. The predicted octanol–water partition coefficient (Wildman–Crippen LogP) is 2.94. The van der Waals surface area contributed by atoms with Crippen LogP contribution in [-0.2, 0) is 5.60 Å². The molecule has 120 valence electrons. The maximum Gasteiger partial charge on any atom is 0.161 e. The van der Waals surface area contributed by atoms with Crippen LogP contribution in [0.4, 0.5) is 0 Å². The molecular weight excluding hydrogens is 266 g/mol. The highest BCUT2D eigenvalue weighted by Crippen LogP contribution is 2.32. The van der Waals surface area contributed by atoms with Gasteiger partial charge in [-0.2, -0.15) is 0 Å². The fourth-order valence-corrected chi connectivity index (χ4v) is 2.09. The van der Waals surface area contributed by atoms with E-state index in [2.05, 4.69) is 19.2 Å². The second-order valence-corrected chi connectivity index (χ2v) is 5.83. The number of ether oxygens (including phenoxy) is 2. The molecule has 0 heterocycles. The van der Waals surface area contributed by atoms with Gasteiger partial charge in [0.1, 0.15) is 0 Å². The molecular formula is C17H29NO3. The van der Waals surface area contributed by atoms with Crippen LogP contribution >= 0.6 is 0 Å². The molecule has 1 unspecified atom stereocenters. The molecule has 1 atom stereocenters. The standard InChI is InChI=1S/C17H29NO3/c1-6-20-15-9-8-14(10-16(15)21-7-2)17(5,19)12-18-11-13(3)4/h8-10,13,18-19H,6-7,11-12H2,1-5H3. The van der Waals surface area contributed by atoms with E-state index in [1.807, 2.05) is 39.0 Å². The van der Waals surface area contributed by atoms with E-state index in [9.17, 15) is 5.11 Å². The van der Waals surface area contributed by atoms with Crippen LogP contribution in [0.2, 0.25) is 0 Å². The maximum atomic E-state index is 10.7. The summed E-state index contributed by atoms with van der Waals surface area (Å²) in [5.41, 5.74) is -0.114. The van der Waals surface area contributed by atoms with Crippen LogP contribution in [0.5, 0.6) is 11.5 Å². The van der Waals surface area contributed by atoms with Crippen molar-refractivity contribution in [1.29, 1.82) is 0 Å². The zero-order chi connectivity index (χ0) is 15.9. The lowest BCUT2D eigenvalue weighted by Crippen LogP contribution is -2.37. The highest BCUT2D eigenvalue weighted by Gasteiger charge is 2.24. The van der Waals surface area contributed by atoms with Gasteiger partial charge in [0.25, 0.3) is 0 Å². The Morgan fingerprint density at radius 2 is 1.76 bits per heavy atom. The summed E-state index contributed by atoms with van der Waals surface area (Å²) >= 11 is 0. The molecule has 21 heavy (non-hydrogen) atoms. The number of aliphatic hydroxyl groups is 1. The van der Waals surface area contributed by atoms with Crippen molar-refractivity contribution < 1.29 is 14.6 Å². The summed E-state index contributed by atoms with van der Waals surface area (Å²) in [5, 5.41) is 13.9. The smallest absolute Gasteiger partial charge is 0.161 e. The van der Waals surface area contributed by atoms with Crippen LogP contribution in [-0.4, -0.2) is 31.4 Å². The zero-order valence-electron chi connectivity index (χ0n) is 13.9. The van der Waals surface area contributed by atoms with Gasteiger partial charge in [-0.1, -0.05) is 19.9 Å². The summed E-state index contributed by atoms with van der Waals surface area (Å²) in [5.74, 6) is 1.95. The Kier molecular flexibility index (Phi) is 6.99. The molecule has 1 aromatic rings. The van der Waals surface area contributed by atoms with Crippen molar-refractivity contribution in [1.82, 2.24) is 5.32 Å². The summed E-state index contributed by atoms with van der Waals surface area (Å²) in [6.45, 7) is 12.5. The average Bonchev–Trinajstić information content (AvgIpc) is 2.40. The second-order valence-electron chi connectivity index (χ2n) is 5.83. The van der Waals surface area contributed by atoms with Crippen molar-refractivity contribution >= 4 is 0 Å². The maximum absolute atomic E-state index is 10.7. The van der Waals surface area contributed by atoms with E-state index in [4.69, 9.17) is 9.47 Å². The highest BCUT2D eigenvalue weighted by atomic mass is 16.5. The molecule has 2 N–H and O–H groups in total. The van der Waals surface area contributed by atoms with E-state index in [1.54, 1.807) is 0 Å². The molecule has 0 amide bonds. The Labute approximate surface area is 128 Å². The third kappa shape index (κ3) is 5.56. The first kappa shape index (κ1) is 17.8. The minimum atomic E-state index is -0.939. The summed E-state index contributed by atoms with van der Waals surface area (Å²) in [6.07, 6.45) is 0. The van der Waals surface area contributed by atoms with Gasteiger partial charge in [-0.05, 0) is 50.9 Å². The van der Waals surface area contributed by atoms with Crippen LogP contribution < -0.4 is 14.8 Å². The van der Waals surface area contributed by atoms with Crippen molar-refractivity contribution in [2.24, 2.45) is 5.92 Å². The fraction of sp³-hybridized carbons (Fsp3) is 0.647. The monoisotopic (exact) mass is 295 g/mol. The molecule has 0 bridgehead atoms. The Balaban J connectivity index is 2.87. The summed E-state index contributed by atoms with van der Waals surface area (Å²) < 4.78 is 11.2. The van der Waals surface area contributed by atoms with E-state index in [0.717, 1.165) is 12.1 Å². The molecule has 4 nitrogen and oxygen atoms in total. The first-order valence-electron chi connectivity index (χ1n) is 7.74. The summed E-state index contributed by atoms with van der Waals surface area (Å²) in [4.78, 5) is 0. The van der Waals surface area contributed by atoms with Gasteiger partial charge in [-0.25, -0.2) is 0 Å². The van der Waals surface area contributed by atoms with Crippen LogP contribution in [0.3, 0.4) is 0 Å². The van der Waals surface area contributed by atoms with Crippen LogP contribution in [0.25, 0.3) is 0 Å².